The van der Waals surface area contributed by atoms with Gasteiger partial charge in [0.1, 0.15) is 5.03 Å². The zero-order valence-corrected chi connectivity index (χ0v) is 11.0. The number of halogens is 2. The van der Waals surface area contributed by atoms with Gasteiger partial charge in [-0.3, -0.25) is 25.1 Å². The summed E-state index contributed by atoms with van der Waals surface area (Å²) in [5, 5.41) is 13.2. The van der Waals surface area contributed by atoms with Crippen LogP contribution in [0.1, 0.15) is 13.3 Å². The summed E-state index contributed by atoms with van der Waals surface area (Å²) >= 11 is 1.21. The topological polar surface area (TPSA) is 75.5 Å². The molecule has 1 saturated heterocycles. The van der Waals surface area contributed by atoms with Crippen LogP contribution in [0.4, 0.5) is 8.78 Å². The molecule has 1 amide bonds. The van der Waals surface area contributed by atoms with E-state index in [0.29, 0.717) is 12.3 Å². The van der Waals surface area contributed by atoms with Gasteiger partial charge in [-0.1, -0.05) is 0 Å². The van der Waals surface area contributed by atoms with Crippen LogP contribution in [0.25, 0.3) is 0 Å². The Morgan fingerprint density at radius 1 is 1.74 bits per heavy atom. The molecule has 0 aromatic carbocycles. The van der Waals surface area contributed by atoms with Gasteiger partial charge in [0.25, 0.3) is 12.1 Å². The molecule has 2 rings (SSSR count). The molecular formula is C10H13F2N3O3S. The molecule has 106 valence electrons. The van der Waals surface area contributed by atoms with Crippen LogP contribution in [-0.4, -0.2) is 46.0 Å². The highest BCUT2D eigenvalue weighted by Gasteiger charge is 2.57. The van der Waals surface area contributed by atoms with Crippen LogP contribution < -0.4 is 5.32 Å². The van der Waals surface area contributed by atoms with Crippen LogP contribution >= 0.6 is 11.8 Å². The Labute approximate surface area is 112 Å². The monoisotopic (exact) mass is 293 g/mol. The molecule has 1 aliphatic carbocycles. The predicted molar refractivity (Wildman–Crippen MR) is 65.2 cm³/mol. The third-order valence-electron chi connectivity index (χ3n) is 2.96. The molecule has 6 nitrogen and oxygen atoms in total. The molecule has 2 atom stereocenters. The van der Waals surface area contributed by atoms with Crippen molar-refractivity contribution in [3.63, 3.8) is 0 Å². The molecule has 1 heterocycles. The molecule has 1 saturated carbocycles. The van der Waals surface area contributed by atoms with E-state index in [1.165, 1.54) is 23.6 Å². The number of rotatable bonds is 4. The summed E-state index contributed by atoms with van der Waals surface area (Å²) in [6.45, 7) is 1.85. The van der Waals surface area contributed by atoms with Crippen molar-refractivity contribution in [3.8, 4) is 0 Å². The summed E-state index contributed by atoms with van der Waals surface area (Å²) in [5.74, 6) is -2.59. The molecule has 0 bridgehead atoms. The fourth-order valence-corrected chi connectivity index (χ4v) is 2.83. The number of thioether (sulfide) groups is 1. The Morgan fingerprint density at radius 3 is 2.89 bits per heavy atom. The number of hydrogen-bond acceptors (Lipinski definition) is 5. The molecule has 1 aliphatic heterocycles. The standard InChI is InChI=1S/C10H13F2N3O3S/c1-6(13-7-4-10(7,11)12)9(16)14-2-3-19-8(14)5-15(17)18/h5-7,13H,2-4H2,1H3/b8-5-. The van der Waals surface area contributed by atoms with Gasteiger partial charge < -0.3 is 0 Å². The van der Waals surface area contributed by atoms with Gasteiger partial charge >= 0.3 is 0 Å². The average Bonchev–Trinajstić information content (AvgIpc) is 2.73. The van der Waals surface area contributed by atoms with Crippen LogP contribution in [-0.2, 0) is 4.79 Å². The maximum absolute atomic E-state index is 12.8. The van der Waals surface area contributed by atoms with Crippen LogP contribution in [0.3, 0.4) is 0 Å². The molecule has 19 heavy (non-hydrogen) atoms. The second kappa shape index (κ2) is 5.04. The van der Waals surface area contributed by atoms with E-state index in [1.807, 2.05) is 0 Å². The fraction of sp³-hybridized carbons (Fsp3) is 0.700. The van der Waals surface area contributed by atoms with E-state index in [0.717, 1.165) is 6.20 Å². The molecule has 9 heteroatoms. The zero-order chi connectivity index (χ0) is 14.2. The predicted octanol–water partition coefficient (Wildman–Crippen LogP) is 1.02. The Morgan fingerprint density at radius 2 is 2.37 bits per heavy atom. The Kier molecular flexibility index (Phi) is 3.77. The molecule has 0 aromatic rings. The second-order valence-corrected chi connectivity index (χ2v) is 5.61. The first-order chi connectivity index (χ1) is 8.81. The van der Waals surface area contributed by atoms with Gasteiger partial charge in [0.15, 0.2) is 0 Å². The van der Waals surface area contributed by atoms with E-state index < -0.39 is 28.8 Å². The highest BCUT2D eigenvalue weighted by atomic mass is 32.2. The highest BCUT2D eigenvalue weighted by Crippen LogP contribution is 2.42. The molecular weight excluding hydrogens is 280 g/mol. The third kappa shape index (κ3) is 3.21. The lowest BCUT2D eigenvalue weighted by atomic mass is 10.3. The summed E-state index contributed by atoms with van der Waals surface area (Å²) in [5.41, 5.74) is 0. The van der Waals surface area contributed by atoms with Crippen LogP contribution in [0.15, 0.2) is 11.2 Å². The van der Waals surface area contributed by atoms with Crippen molar-refractivity contribution in [2.24, 2.45) is 0 Å². The van der Waals surface area contributed by atoms with Gasteiger partial charge in [-0.15, -0.1) is 11.8 Å². The lowest BCUT2D eigenvalue weighted by Crippen LogP contribution is -2.45. The summed E-state index contributed by atoms with van der Waals surface area (Å²) < 4.78 is 25.5. The van der Waals surface area contributed by atoms with E-state index >= 15 is 0 Å². The molecule has 1 N–H and O–H groups in total. The summed E-state index contributed by atoms with van der Waals surface area (Å²) in [6.07, 6.45) is 0.505. The minimum absolute atomic E-state index is 0.256. The molecule has 2 aliphatic rings. The SMILES string of the molecule is CC(NC1CC1(F)F)C(=O)N1CCS/C1=C\[N+](=O)[O-]. The molecule has 0 spiro atoms. The van der Waals surface area contributed by atoms with Gasteiger partial charge in [-0.25, -0.2) is 8.78 Å². The minimum atomic E-state index is -2.74. The van der Waals surface area contributed by atoms with Crippen LogP contribution in [0.5, 0.6) is 0 Å². The highest BCUT2D eigenvalue weighted by molar-refractivity contribution is 8.03. The minimum Gasteiger partial charge on any atom is -0.299 e. The van der Waals surface area contributed by atoms with E-state index in [2.05, 4.69) is 5.32 Å². The van der Waals surface area contributed by atoms with Gasteiger partial charge in [-0.05, 0) is 6.92 Å². The lowest BCUT2D eigenvalue weighted by molar-refractivity contribution is -0.403. The Hall–Kier alpha value is -1.22. The molecule has 0 aromatic heterocycles. The number of nitrogens with zero attached hydrogens (tertiary/aromatic N) is 2. The van der Waals surface area contributed by atoms with E-state index in [4.69, 9.17) is 0 Å². The van der Waals surface area contributed by atoms with E-state index in [-0.39, 0.29) is 11.4 Å². The van der Waals surface area contributed by atoms with Crippen molar-refractivity contribution in [3.05, 3.63) is 21.3 Å². The summed E-state index contributed by atoms with van der Waals surface area (Å²) in [7, 11) is 0. The number of nitro groups is 1. The second-order valence-electron chi connectivity index (χ2n) is 4.50. The molecule has 2 fully saturated rings. The molecule has 2 unspecified atom stereocenters. The molecule has 0 radical (unpaired) electrons. The normalized spacial score (nSPS) is 28.5. The third-order valence-corrected chi connectivity index (χ3v) is 3.97. The number of amides is 1. The maximum atomic E-state index is 12.8. The van der Waals surface area contributed by atoms with Crippen molar-refractivity contribution in [1.82, 2.24) is 10.2 Å². The number of nitrogens with one attached hydrogen (secondary N) is 1. The van der Waals surface area contributed by atoms with Crippen molar-refractivity contribution in [2.75, 3.05) is 12.3 Å². The first-order valence-electron chi connectivity index (χ1n) is 5.74. The summed E-state index contributed by atoms with van der Waals surface area (Å²) in [6, 6.07) is -1.75. The maximum Gasteiger partial charge on any atom is 0.265 e. The average molecular weight is 293 g/mol. The first-order valence-corrected chi connectivity index (χ1v) is 6.73. The lowest BCUT2D eigenvalue weighted by Gasteiger charge is -2.20. The van der Waals surface area contributed by atoms with Crippen LogP contribution in [0.2, 0.25) is 0 Å². The van der Waals surface area contributed by atoms with Crippen LogP contribution in [0, 0.1) is 10.1 Å². The number of hydrogen-bond donors (Lipinski definition) is 1. The van der Waals surface area contributed by atoms with Crippen molar-refractivity contribution < 1.29 is 18.5 Å². The smallest absolute Gasteiger partial charge is 0.265 e. The number of carbonyl (C=O) groups is 1. The summed E-state index contributed by atoms with van der Waals surface area (Å²) in [4.78, 5) is 23.1. The number of alkyl halides is 2. The number of carbonyl (C=O) groups excluding carboxylic acids is 1. The van der Waals surface area contributed by atoms with Crippen molar-refractivity contribution >= 4 is 17.7 Å². The van der Waals surface area contributed by atoms with Crippen molar-refractivity contribution in [1.29, 1.82) is 0 Å². The van der Waals surface area contributed by atoms with E-state index in [9.17, 15) is 23.7 Å². The largest absolute Gasteiger partial charge is 0.299 e. The van der Waals surface area contributed by atoms with E-state index in [1.54, 1.807) is 0 Å². The van der Waals surface area contributed by atoms with Gasteiger partial charge in [0.05, 0.1) is 17.0 Å². The van der Waals surface area contributed by atoms with Gasteiger partial charge in [0.2, 0.25) is 5.91 Å². The van der Waals surface area contributed by atoms with Crippen molar-refractivity contribution in [2.45, 2.75) is 31.4 Å². The quantitative estimate of drug-likeness (QED) is 0.619. The van der Waals surface area contributed by atoms with Gasteiger partial charge in [0, 0.05) is 18.7 Å². The van der Waals surface area contributed by atoms with Gasteiger partial charge in [-0.2, -0.15) is 0 Å². The first kappa shape index (κ1) is 14.2. The Balaban J connectivity index is 1.97. The fourth-order valence-electron chi connectivity index (χ4n) is 1.85. The zero-order valence-electron chi connectivity index (χ0n) is 10.1. The Bertz CT molecular complexity index is 444.